The number of halogens is 1. The van der Waals surface area contributed by atoms with Crippen molar-refractivity contribution in [3.63, 3.8) is 0 Å². The fraction of sp³-hybridized carbons (Fsp3) is 0.556. The van der Waals surface area contributed by atoms with E-state index in [1.807, 2.05) is 17.0 Å². The third-order valence-electron chi connectivity index (χ3n) is 5.08. The Morgan fingerprint density at radius 3 is 2.30 bits per heavy atom. The molecule has 124 valence electrons. The molecule has 0 saturated carbocycles. The van der Waals surface area contributed by atoms with Crippen LogP contribution in [0.5, 0.6) is 0 Å². The first kappa shape index (κ1) is 16.5. The Bertz CT molecular complexity index is 579. The number of rotatable bonds is 2. The van der Waals surface area contributed by atoms with E-state index in [4.69, 9.17) is 0 Å². The molecule has 0 radical (unpaired) electrons. The van der Waals surface area contributed by atoms with Crippen molar-refractivity contribution < 1.29 is 9.59 Å². The molecule has 5 heteroatoms. The summed E-state index contributed by atoms with van der Waals surface area (Å²) in [5.74, 6) is 0.463. The van der Waals surface area contributed by atoms with E-state index in [0.717, 1.165) is 36.7 Å². The Morgan fingerprint density at radius 2 is 1.70 bits per heavy atom. The summed E-state index contributed by atoms with van der Waals surface area (Å²) in [5.41, 5.74) is 1.22. The molecular weight excluding hydrogens is 356 g/mol. The summed E-state index contributed by atoms with van der Waals surface area (Å²) in [7, 11) is 0. The second-order valence-corrected chi connectivity index (χ2v) is 7.44. The van der Waals surface area contributed by atoms with Crippen molar-refractivity contribution in [3.05, 3.63) is 34.3 Å². The van der Waals surface area contributed by atoms with Gasteiger partial charge in [0.15, 0.2) is 0 Å². The molecule has 1 aromatic rings. The number of piperidine rings is 1. The van der Waals surface area contributed by atoms with Crippen LogP contribution in [0.25, 0.3) is 0 Å². The Hall–Kier alpha value is -1.36. The van der Waals surface area contributed by atoms with Gasteiger partial charge in [-0.05, 0) is 43.4 Å². The third-order valence-corrected chi connectivity index (χ3v) is 5.61. The first-order valence-electron chi connectivity index (χ1n) is 8.37. The summed E-state index contributed by atoms with van der Waals surface area (Å²) in [6, 6.07) is 8.52. The molecule has 1 atom stereocenters. The Balaban J connectivity index is 1.67. The fourth-order valence-electron chi connectivity index (χ4n) is 3.74. The molecule has 3 rings (SSSR count). The molecule has 0 N–H and O–H groups in total. The summed E-state index contributed by atoms with van der Waals surface area (Å²) in [6.45, 7) is 3.88. The van der Waals surface area contributed by atoms with E-state index in [0.29, 0.717) is 13.1 Å². The molecule has 4 nitrogen and oxygen atoms in total. The maximum Gasteiger partial charge on any atom is 0.226 e. The number of nitrogens with zero attached hydrogens (tertiary/aromatic N) is 2. The molecule has 0 spiro atoms. The average molecular weight is 379 g/mol. The van der Waals surface area contributed by atoms with Crippen molar-refractivity contribution in [2.24, 2.45) is 5.92 Å². The second kappa shape index (κ2) is 7.04. The van der Waals surface area contributed by atoms with Gasteiger partial charge in [0, 0.05) is 36.9 Å². The molecule has 2 saturated heterocycles. The smallest absolute Gasteiger partial charge is 0.226 e. The highest BCUT2D eigenvalue weighted by molar-refractivity contribution is 9.10. The van der Waals surface area contributed by atoms with Crippen LogP contribution in [0.3, 0.4) is 0 Å². The zero-order valence-corrected chi connectivity index (χ0v) is 15.1. The van der Waals surface area contributed by atoms with E-state index in [9.17, 15) is 9.59 Å². The monoisotopic (exact) mass is 378 g/mol. The lowest BCUT2D eigenvalue weighted by Gasteiger charge is -2.34. The van der Waals surface area contributed by atoms with Crippen molar-refractivity contribution in [2.75, 3.05) is 19.6 Å². The van der Waals surface area contributed by atoms with Crippen LogP contribution in [-0.4, -0.2) is 41.2 Å². The van der Waals surface area contributed by atoms with Crippen LogP contribution >= 0.6 is 15.9 Å². The largest absolute Gasteiger partial charge is 0.343 e. The molecule has 2 amide bonds. The number of carbonyl (C=O) groups is 2. The zero-order chi connectivity index (χ0) is 16.4. The first-order chi connectivity index (χ1) is 11.1. The van der Waals surface area contributed by atoms with Crippen LogP contribution in [0, 0.1) is 5.92 Å². The highest BCUT2D eigenvalue weighted by Crippen LogP contribution is 2.35. The maximum atomic E-state index is 12.9. The number of carbonyl (C=O) groups excluding carboxylic acids is 2. The number of hydrogen-bond donors (Lipinski definition) is 0. The van der Waals surface area contributed by atoms with Gasteiger partial charge in [0.25, 0.3) is 0 Å². The molecule has 23 heavy (non-hydrogen) atoms. The summed E-state index contributed by atoms with van der Waals surface area (Å²) in [6.07, 6.45) is 3.70. The maximum absolute atomic E-state index is 12.9. The highest BCUT2D eigenvalue weighted by Gasteiger charge is 2.35. The van der Waals surface area contributed by atoms with Gasteiger partial charge in [-0.2, -0.15) is 0 Å². The summed E-state index contributed by atoms with van der Waals surface area (Å²) in [5, 5.41) is 0. The predicted molar refractivity (Wildman–Crippen MR) is 92.8 cm³/mol. The van der Waals surface area contributed by atoms with Crippen molar-refractivity contribution in [1.29, 1.82) is 0 Å². The zero-order valence-electron chi connectivity index (χ0n) is 13.5. The Kier molecular flexibility index (Phi) is 5.05. The van der Waals surface area contributed by atoms with Gasteiger partial charge in [0.05, 0.1) is 6.04 Å². The lowest BCUT2D eigenvalue weighted by atomic mass is 9.94. The molecule has 2 aliphatic heterocycles. The Labute approximate surface area is 146 Å². The average Bonchev–Trinajstić information content (AvgIpc) is 3.04. The molecule has 2 heterocycles. The first-order valence-corrected chi connectivity index (χ1v) is 9.17. The number of hydrogen-bond acceptors (Lipinski definition) is 2. The molecule has 2 fully saturated rings. The molecule has 2 aliphatic rings. The Morgan fingerprint density at radius 1 is 1.04 bits per heavy atom. The van der Waals surface area contributed by atoms with Crippen LogP contribution in [0.2, 0.25) is 0 Å². The SMILES string of the molecule is CC(=O)N1CCC(C(=O)N2CCC[C@H]2c2ccc(Br)cc2)CC1. The summed E-state index contributed by atoms with van der Waals surface area (Å²) < 4.78 is 1.06. The number of likely N-dealkylation sites (tertiary alicyclic amines) is 2. The van der Waals surface area contributed by atoms with E-state index in [1.54, 1.807) is 6.92 Å². The standard InChI is InChI=1S/C18H23BrN2O2/c1-13(22)20-11-8-15(9-12-20)18(23)21-10-2-3-17(21)14-4-6-16(19)7-5-14/h4-7,15,17H,2-3,8-12H2,1H3/t17-/m0/s1. The fourth-order valence-corrected chi connectivity index (χ4v) is 4.00. The van der Waals surface area contributed by atoms with Crippen LogP contribution < -0.4 is 0 Å². The van der Waals surface area contributed by atoms with Gasteiger partial charge in [0.2, 0.25) is 11.8 Å². The number of amides is 2. The summed E-state index contributed by atoms with van der Waals surface area (Å²) in [4.78, 5) is 28.3. The van der Waals surface area contributed by atoms with E-state index in [1.165, 1.54) is 5.56 Å². The van der Waals surface area contributed by atoms with E-state index in [-0.39, 0.29) is 23.8 Å². The van der Waals surface area contributed by atoms with Gasteiger partial charge in [-0.25, -0.2) is 0 Å². The van der Waals surface area contributed by atoms with Gasteiger partial charge in [-0.1, -0.05) is 28.1 Å². The van der Waals surface area contributed by atoms with E-state index in [2.05, 4.69) is 33.0 Å². The van der Waals surface area contributed by atoms with E-state index < -0.39 is 0 Å². The van der Waals surface area contributed by atoms with Gasteiger partial charge in [0.1, 0.15) is 0 Å². The molecule has 0 aromatic heterocycles. The molecule has 1 aromatic carbocycles. The second-order valence-electron chi connectivity index (χ2n) is 6.52. The van der Waals surface area contributed by atoms with Crippen LogP contribution in [-0.2, 0) is 9.59 Å². The van der Waals surface area contributed by atoms with Crippen LogP contribution in [0.4, 0.5) is 0 Å². The number of benzene rings is 1. The third kappa shape index (κ3) is 3.60. The summed E-state index contributed by atoms with van der Waals surface area (Å²) >= 11 is 3.47. The minimum Gasteiger partial charge on any atom is -0.343 e. The lowest BCUT2D eigenvalue weighted by molar-refractivity contribution is -0.140. The van der Waals surface area contributed by atoms with Crippen molar-refractivity contribution in [1.82, 2.24) is 9.80 Å². The van der Waals surface area contributed by atoms with Crippen molar-refractivity contribution >= 4 is 27.7 Å². The quantitative estimate of drug-likeness (QED) is 0.791. The topological polar surface area (TPSA) is 40.6 Å². The van der Waals surface area contributed by atoms with Crippen molar-refractivity contribution in [2.45, 2.75) is 38.6 Å². The normalized spacial score (nSPS) is 22.4. The predicted octanol–water partition coefficient (Wildman–Crippen LogP) is 3.37. The lowest BCUT2D eigenvalue weighted by Crippen LogP contribution is -2.43. The van der Waals surface area contributed by atoms with Crippen molar-refractivity contribution in [3.8, 4) is 0 Å². The van der Waals surface area contributed by atoms with Gasteiger partial charge < -0.3 is 9.80 Å². The molecule has 0 bridgehead atoms. The van der Waals surface area contributed by atoms with Crippen LogP contribution in [0.1, 0.15) is 44.2 Å². The van der Waals surface area contributed by atoms with Gasteiger partial charge in [-0.15, -0.1) is 0 Å². The van der Waals surface area contributed by atoms with Gasteiger partial charge >= 0.3 is 0 Å². The molecule has 0 aliphatic carbocycles. The molecular formula is C18H23BrN2O2. The minimum absolute atomic E-state index is 0.0710. The van der Waals surface area contributed by atoms with Crippen LogP contribution in [0.15, 0.2) is 28.7 Å². The minimum atomic E-state index is 0.0710. The van der Waals surface area contributed by atoms with E-state index >= 15 is 0 Å². The highest BCUT2D eigenvalue weighted by atomic mass is 79.9. The molecule has 0 unspecified atom stereocenters. The van der Waals surface area contributed by atoms with Gasteiger partial charge in [-0.3, -0.25) is 9.59 Å².